The number of aromatic nitrogens is 4. The third-order valence-corrected chi connectivity index (χ3v) is 9.63. The molecule has 2 saturated heterocycles. The van der Waals surface area contributed by atoms with Crippen LogP contribution in [0.1, 0.15) is 54.7 Å². The van der Waals surface area contributed by atoms with Gasteiger partial charge in [-0.25, -0.2) is 10.1 Å². The predicted octanol–water partition coefficient (Wildman–Crippen LogP) is 5.00. The second-order valence-electron chi connectivity index (χ2n) is 9.75. The first-order valence-electron chi connectivity index (χ1n) is 12.1. The summed E-state index contributed by atoms with van der Waals surface area (Å²) in [5, 5.41) is 15.2. The number of aromatic amines is 1. The Morgan fingerprint density at radius 1 is 1.00 bits per heavy atom. The van der Waals surface area contributed by atoms with E-state index in [2.05, 4.69) is 98.1 Å². The van der Waals surface area contributed by atoms with Gasteiger partial charge in [-0.15, -0.1) is 16.9 Å². The summed E-state index contributed by atoms with van der Waals surface area (Å²) in [5.41, 5.74) is 11.8. The fourth-order valence-corrected chi connectivity index (χ4v) is 7.57. The Labute approximate surface area is 204 Å². The number of fused-ring (bicyclic) bond motifs is 4. The summed E-state index contributed by atoms with van der Waals surface area (Å²) in [5.74, 6) is 1.86. The molecular weight excluding hydrogens is 440 g/mol. The minimum atomic E-state index is 0.170. The third kappa shape index (κ3) is 3.87. The van der Waals surface area contributed by atoms with Gasteiger partial charge in [-0.05, 0) is 61.4 Å². The molecular formula is C27H30N6S. The zero-order valence-electron chi connectivity index (χ0n) is 19.2. The molecule has 2 aliphatic heterocycles. The smallest absolute Gasteiger partial charge is 0.178 e. The summed E-state index contributed by atoms with van der Waals surface area (Å²) >= 11 is 2.14. The van der Waals surface area contributed by atoms with Crippen LogP contribution < -0.4 is 11.1 Å². The van der Waals surface area contributed by atoms with Crippen LogP contribution >= 0.6 is 11.8 Å². The molecule has 6 nitrogen and oxygen atoms in total. The van der Waals surface area contributed by atoms with Crippen molar-refractivity contribution in [2.45, 2.75) is 48.3 Å². The number of hydrogen-bond acceptors (Lipinski definition) is 6. The first-order chi connectivity index (χ1) is 16.7. The molecule has 2 aromatic carbocycles. The summed E-state index contributed by atoms with van der Waals surface area (Å²) in [6.45, 7) is 0.937. The Morgan fingerprint density at radius 2 is 1.74 bits per heavy atom. The molecule has 3 fully saturated rings. The molecule has 4 aromatic rings. The lowest BCUT2D eigenvalue weighted by molar-refractivity contribution is 0.225. The second-order valence-corrected chi connectivity index (χ2v) is 11.1. The highest BCUT2D eigenvalue weighted by atomic mass is 32.2. The Kier molecular flexibility index (Phi) is 5.54. The molecule has 2 aromatic heterocycles. The van der Waals surface area contributed by atoms with Crippen LogP contribution in [0.5, 0.6) is 0 Å². The van der Waals surface area contributed by atoms with E-state index < -0.39 is 0 Å². The number of nitrogens with one attached hydrogen (secondary N) is 2. The summed E-state index contributed by atoms with van der Waals surface area (Å²) < 4.78 is 0. The van der Waals surface area contributed by atoms with Crippen molar-refractivity contribution in [1.82, 2.24) is 25.7 Å². The molecule has 0 unspecified atom stereocenters. The molecule has 1 saturated carbocycles. The van der Waals surface area contributed by atoms with E-state index in [9.17, 15) is 0 Å². The number of anilines is 1. The van der Waals surface area contributed by atoms with Crippen LogP contribution in [0.25, 0.3) is 11.2 Å². The fraction of sp³-hybridized carbons (Fsp3) is 0.370. The number of thioether (sulfide) groups is 1. The van der Waals surface area contributed by atoms with Crippen LogP contribution in [0.2, 0.25) is 0 Å². The minimum Gasteiger partial charge on any atom is -0.384 e. The molecule has 3 aliphatic rings. The van der Waals surface area contributed by atoms with Crippen molar-refractivity contribution >= 4 is 28.7 Å². The highest BCUT2D eigenvalue weighted by Gasteiger charge is 2.49. The molecule has 1 atom stereocenters. The van der Waals surface area contributed by atoms with Crippen LogP contribution in [0, 0.1) is 0 Å². The first-order valence-corrected chi connectivity index (χ1v) is 13.1. The number of hydrogen-bond donors (Lipinski definition) is 3. The molecule has 1 aliphatic carbocycles. The summed E-state index contributed by atoms with van der Waals surface area (Å²) in [6.07, 6.45) is 5.93. The molecule has 7 heteroatoms. The van der Waals surface area contributed by atoms with Gasteiger partial charge in [0.05, 0.1) is 4.87 Å². The number of benzene rings is 2. The Hall–Kier alpha value is -2.90. The average Bonchev–Trinajstić information content (AvgIpc) is 3.37. The van der Waals surface area contributed by atoms with Gasteiger partial charge in [-0.2, -0.15) is 0 Å². The summed E-state index contributed by atoms with van der Waals surface area (Å²) in [6, 6.07) is 23.7. The lowest BCUT2D eigenvalue weighted by Crippen LogP contribution is -2.55. The topological polar surface area (TPSA) is 92.5 Å². The van der Waals surface area contributed by atoms with E-state index in [0.717, 1.165) is 24.0 Å². The lowest BCUT2D eigenvalue weighted by atomic mass is 9.68. The van der Waals surface area contributed by atoms with Crippen LogP contribution in [0.15, 0.2) is 66.7 Å². The maximum Gasteiger partial charge on any atom is 0.178 e. The van der Waals surface area contributed by atoms with Crippen LogP contribution in [-0.2, 0) is 5.41 Å². The maximum atomic E-state index is 6.15. The van der Waals surface area contributed by atoms with Crippen LogP contribution in [0.4, 0.5) is 5.82 Å². The van der Waals surface area contributed by atoms with Crippen molar-refractivity contribution in [2.24, 2.45) is 0 Å². The number of pyridine rings is 1. The SMILES string of the molecule is Nc1cc([C@H](CCNC23CCC(c4ccccc4)(CC2)CS3)c2ccccc2)c2nn[nH]c2n1. The monoisotopic (exact) mass is 470 g/mol. The maximum absolute atomic E-state index is 6.15. The first kappa shape index (κ1) is 21.6. The van der Waals surface area contributed by atoms with E-state index >= 15 is 0 Å². The van der Waals surface area contributed by atoms with Gasteiger partial charge in [0.1, 0.15) is 11.3 Å². The number of nitrogen functional groups attached to an aromatic ring is 1. The molecule has 7 rings (SSSR count). The third-order valence-electron chi connectivity index (χ3n) is 7.83. The molecule has 0 radical (unpaired) electrons. The summed E-state index contributed by atoms with van der Waals surface area (Å²) in [4.78, 5) is 4.56. The van der Waals surface area contributed by atoms with E-state index in [1.807, 2.05) is 6.07 Å². The molecule has 0 spiro atoms. The highest BCUT2D eigenvalue weighted by molar-refractivity contribution is 8.00. The molecule has 4 N–H and O–H groups in total. The van der Waals surface area contributed by atoms with Crippen molar-refractivity contribution in [3.05, 3.63) is 83.4 Å². The van der Waals surface area contributed by atoms with Gasteiger partial charge in [0.25, 0.3) is 0 Å². The van der Waals surface area contributed by atoms with E-state index in [1.54, 1.807) is 0 Å². The van der Waals surface area contributed by atoms with Crippen molar-refractivity contribution in [3.8, 4) is 0 Å². The van der Waals surface area contributed by atoms with Crippen LogP contribution in [-0.4, -0.2) is 37.6 Å². The van der Waals surface area contributed by atoms with Crippen molar-refractivity contribution in [2.75, 3.05) is 18.0 Å². The van der Waals surface area contributed by atoms with E-state index in [0.29, 0.717) is 16.9 Å². The van der Waals surface area contributed by atoms with Crippen molar-refractivity contribution < 1.29 is 0 Å². The van der Waals surface area contributed by atoms with E-state index in [-0.39, 0.29) is 10.8 Å². The number of nitrogens with zero attached hydrogens (tertiary/aromatic N) is 3. The predicted molar refractivity (Wildman–Crippen MR) is 139 cm³/mol. The van der Waals surface area contributed by atoms with Gasteiger partial charge >= 0.3 is 0 Å². The molecule has 174 valence electrons. The minimum absolute atomic E-state index is 0.170. The molecule has 4 heterocycles. The van der Waals surface area contributed by atoms with Gasteiger partial charge in [0, 0.05) is 17.1 Å². The van der Waals surface area contributed by atoms with Crippen molar-refractivity contribution in [1.29, 1.82) is 0 Å². The summed E-state index contributed by atoms with van der Waals surface area (Å²) in [7, 11) is 0. The van der Waals surface area contributed by atoms with Gasteiger partial charge in [-0.3, -0.25) is 0 Å². The van der Waals surface area contributed by atoms with Gasteiger partial charge < -0.3 is 11.1 Å². The number of rotatable bonds is 7. The lowest BCUT2D eigenvalue weighted by Gasteiger charge is -2.53. The normalized spacial score (nSPS) is 24.9. The highest BCUT2D eigenvalue weighted by Crippen LogP contribution is 2.55. The zero-order valence-corrected chi connectivity index (χ0v) is 20.0. The Morgan fingerprint density at radius 3 is 2.44 bits per heavy atom. The molecule has 34 heavy (non-hydrogen) atoms. The van der Waals surface area contributed by atoms with Gasteiger partial charge in [0.15, 0.2) is 5.65 Å². The zero-order chi connectivity index (χ0) is 23.0. The standard InChI is InChI=1S/C27H30N6S/c28-23-17-22(24-25(30-23)32-33-31-24)21(19-7-3-1-4-8-19)11-16-29-27-14-12-26(13-15-27,18-34-27)20-9-5-2-6-10-20/h1-10,17,21,29H,11-16,18H2,(H3,28,30,31,32,33)/t21-,26?,27?/m1/s1. The van der Waals surface area contributed by atoms with Gasteiger partial charge in [0.2, 0.25) is 0 Å². The quantitative estimate of drug-likeness (QED) is 0.352. The van der Waals surface area contributed by atoms with E-state index in [4.69, 9.17) is 5.73 Å². The molecule has 0 amide bonds. The molecule has 2 bridgehead atoms. The Balaban J connectivity index is 1.20. The number of nitrogens with two attached hydrogens (primary N) is 1. The Bertz CT molecular complexity index is 1250. The average molecular weight is 471 g/mol. The van der Waals surface area contributed by atoms with Crippen molar-refractivity contribution in [3.63, 3.8) is 0 Å². The van der Waals surface area contributed by atoms with E-state index in [1.165, 1.54) is 42.6 Å². The van der Waals surface area contributed by atoms with Gasteiger partial charge in [-0.1, -0.05) is 65.9 Å². The van der Waals surface area contributed by atoms with Crippen LogP contribution in [0.3, 0.4) is 0 Å². The largest absolute Gasteiger partial charge is 0.384 e. The number of H-pyrrole nitrogens is 1. The second kappa shape index (κ2) is 8.71. The fourth-order valence-electron chi connectivity index (χ4n) is 5.87.